The molecule has 11 heteroatoms. The van der Waals surface area contributed by atoms with Gasteiger partial charge in [-0.05, 0) is 87.2 Å². The van der Waals surface area contributed by atoms with E-state index >= 15 is 0 Å². The van der Waals surface area contributed by atoms with E-state index in [9.17, 15) is 27.9 Å². The normalized spacial score (nSPS) is 25.9. The topological polar surface area (TPSA) is 82.1 Å². The van der Waals surface area contributed by atoms with Crippen LogP contribution in [-0.2, 0) is 22.9 Å². The van der Waals surface area contributed by atoms with Gasteiger partial charge in [-0.3, -0.25) is 14.5 Å². The number of hydrogen-bond donors (Lipinski definition) is 2. The number of carbonyl (C=O) groups is 2. The Morgan fingerprint density at radius 1 is 1.15 bits per heavy atom. The molecule has 1 saturated heterocycles. The summed E-state index contributed by atoms with van der Waals surface area (Å²) >= 11 is 6.19. The maximum atomic E-state index is 13.9. The smallest absolute Gasteiger partial charge is 0.416 e. The van der Waals surface area contributed by atoms with Crippen molar-refractivity contribution in [2.45, 2.75) is 62.4 Å². The van der Waals surface area contributed by atoms with Crippen molar-refractivity contribution in [3.05, 3.63) is 57.6 Å². The molecular weight excluding hydrogens is 535 g/mol. The summed E-state index contributed by atoms with van der Waals surface area (Å²) in [5.74, 6) is -0.486. The molecule has 39 heavy (non-hydrogen) atoms. The lowest BCUT2D eigenvalue weighted by Gasteiger charge is -2.45. The van der Waals surface area contributed by atoms with Crippen LogP contribution in [0, 0.1) is 0 Å². The van der Waals surface area contributed by atoms with E-state index in [-0.39, 0.29) is 42.0 Å². The van der Waals surface area contributed by atoms with Gasteiger partial charge in [0.15, 0.2) is 0 Å². The molecule has 2 N–H and O–H groups in total. The molecule has 2 aromatic carbocycles. The second kappa shape index (κ2) is 9.11. The van der Waals surface area contributed by atoms with Crippen molar-refractivity contribution in [1.29, 1.82) is 0 Å². The third-order valence-electron chi connectivity index (χ3n) is 8.71. The lowest BCUT2D eigenvalue weighted by molar-refractivity contribution is -0.138. The van der Waals surface area contributed by atoms with Gasteiger partial charge in [-0.15, -0.1) is 0 Å². The number of ether oxygens (including phenoxy) is 1. The first-order valence-electron chi connectivity index (χ1n) is 13.1. The zero-order valence-corrected chi connectivity index (χ0v) is 22.2. The zero-order chi connectivity index (χ0) is 27.7. The molecule has 7 nitrogen and oxygen atoms in total. The summed E-state index contributed by atoms with van der Waals surface area (Å²) in [7, 11) is 0. The average Bonchev–Trinajstić information content (AvgIpc) is 3.31. The van der Waals surface area contributed by atoms with Crippen LogP contribution in [0.3, 0.4) is 0 Å². The van der Waals surface area contributed by atoms with E-state index in [1.165, 1.54) is 11.0 Å². The number of alkyl halides is 3. The van der Waals surface area contributed by atoms with E-state index in [2.05, 4.69) is 10.2 Å². The standard InChI is InChI=1S/C28H29ClF3N3O4/c1-26(38)13-17(14-26)35-15-20-19(24(35)36)11-18(12-21(20)28(30,31)32)39-9-8-34-6-4-27(5-7-34)22-10-16(29)2-3-23(22)33-25(27)37/h2-3,10-12,17,38H,4-9,13-15H2,1H3,(H,33,37). The summed E-state index contributed by atoms with van der Waals surface area (Å²) in [6.45, 7) is 3.39. The van der Waals surface area contributed by atoms with Crippen LogP contribution < -0.4 is 10.1 Å². The number of piperidine rings is 1. The van der Waals surface area contributed by atoms with Crippen LogP contribution in [0.4, 0.5) is 18.9 Å². The lowest BCUT2D eigenvalue weighted by atomic mass is 9.73. The highest BCUT2D eigenvalue weighted by Crippen LogP contribution is 2.46. The largest absolute Gasteiger partial charge is 0.492 e. The number of carbonyl (C=O) groups excluding carboxylic acids is 2. The predicted octanol–water partition coefficient (Wildman–Crippen LogP) is 4.59. The number of rotatable bonds is 5. The first kappa shape index (κ1) is 26.4. The molecule has 0 atom stereocenters. The molecule has 3 aliphatic heterocycles. The molecule has 2 fully saturated rings. The van der Waals surface area contributed by atoms with E-state index < -0.39 is 28.7 Å². The molecule has 4 aliphatic rings. The van der Waals surface area contributed by atoms with Gasteiger partial charge in [0, 0.05) is 35.4 Å². The minimum Gasteiger partial charge on any atom is -0.492 e. The third-order valence-corrected chi connectivity index (χ3v) is 8.94. The quantitative estimate of drug-likeness (QED) is 0.556. The molecule has 2 aromatic rings. The summed E-state index contributed by atoms with van der Waals surface area (Å²) in [4.78, 5) is 29.4. The van der Waals surface area contributed by atoms with Crippen LogP contribution in [0.5, 0.6) is 5.75 Å². The van der Waals surface area contributed by atoms with Crippen LogP contribution in [-0.4, -0.2) is 64.6 Å². The molecule has 1 aliphatic carbocycles. The van der Waals surface area contributed by atoms with Crippen molar-refractivity contribution in [3.63, 3.8) is 0 Å². The Morgan fingerprint density at radius 2 is 1.87 bits per heavy atom. The number of hydrogen-bond acceptors (Lipinski definition) is 5. The third kappa shape index (κ3) is 4.56. The number of likely N-dealkylation sites (tertiary alicyclic amines) is 1. The minimum absolute atomic E-state index is 0.00380. The monoisotopic (exact) mass is 563 g/mol. The fourth-order valence-corrected chi connectivity index (χ4v) is 6.72. The number of fused-ring (bicyclic) bond motifs is 3. The van der Waals surface area contributed by atoms with Crippen molar-refractivity contribution in [2.75, 3.05) is 31.6 Å². The summed E-state index contributed by atoms with van der Waals surface area (Å²) in [6, 6.07) is 7.50. The van der Waals surface area contributed by atoms with Gasteiger partial charge >= 0.3 is 6.18 Å². The van der Waals surface area contributed by atoms with E-state index in [1.807, 2.05) is 12.1 Å². The first-order chi connectivity index (χ1) is 18.4. The Morgan fingerprint density at radius 3 is 2.54 bits per heavy atom. The molecule has 1 spiro atoms. The second-order valence-electron chi connectivity index (χ2n) is 11.4. The van der Waals surface area contributed by atoms with Gasteiger partial charge in [0.05, 0.1) is 16.6 Å². The summed E-state index contributed by atoms with van der Waals surface area (Å²) < 4.78 is 47.6. The fourth-order valence-electron chi connectivity index (χ4n) is 6.54. The van der Waals surface area contributed by atoms with E-state index in [1.54, 1.807) is 13.0 Å². The molecule has 208 valence electrons. The van der Waals surface area contributed by atoms with Gasteiger partial charge in [0.2, 0.25) is 5.91 Å². The first-order valence-corrected chi connectivity index (χ1v) is 13.5. The number of nitrogens with one attached hydrogen (secondary N) is 1. The Kier molecular flexibility index (Phi) is 6.17. The Balaban J connectivity index is 1.11. The number of halogens is 4. The molecule has 2 amide bonds. The van der Waals surface area contributed by atoms with Gasteiger partial charge in [-0.2, -0.15) is 13.2 Å². The zero-order valence-electron chi connectivity index (χ0n) is 21.4. The molecular formula is C28H29ClF3N3O4. The van der Waals surface area contributed by atoms with Crippen molar-refractivity contribution in [1.82, 2.24) is 9.80 Å². The second-order valence-corrected chi connectivity index (χ2v) is 11.8. The number of anilines is 1. The van der Waals surface area contributed by atoms with Crippen LogP contribution >= 0.6 is 11.6 Å². The molecule has 0 bridgehead atoms. The summed E-state index contributed by atoms with van der Waals surface area (Å²) in [5, 5.41) is 13.6. The van der Waals surface area contributed by atoms with Gasteiger partial charge in [0.1, 0.15) is 12.4 Å². The Bertz CT molecular complexity index is 1350. The van der Waals surface area contributed by atoms with E-state index in [0.717, 1.165) is 17.3 Å². The molecule has 0 radical (unpaired) electrons. The molecule has 0 unspecified atom stereocenters. The van der Waals surface area contributed by atoms with E-state index in [4.69, 9.17) is 16.3 Å². The van der Waals surface area contributed by atoms with E-state index in [0.29, 0.717) is 50.3 Å². The summed E-state index contributed by atoms with van der Waals surface area (Å²) in [6.07, 6.45) is -2.75. The van der Waals surface area contributed by atoms with Gasteiger partial charge in [-0.1, -0.05) is 11.6 Å². The highest BCUT2D eigenvalue weighted by Gasteiger charge is 2.49. The number of aliphatic hydroxyl groups is 1. The van der Waals surface area contributed by atoms with Crippen molar-refractivity contribution < 1.29 is 32.6 Å². The summed E-state index contributed by atoms with van der Waals surface area (Å²) in [5.41, 5.74) is -0.709. The van der Waals surface area contributed by atoms with Crippen molar-refractivity contribution >= 4 is 29.1 Å². The van der Waals surface area contributed by atoms with Crippen molar-refractivity contribution in [2.24, 2.45) is 0 Å². The fraction of sp³-hybridized carbons (Fsp3) is 0.500. The molecule has 3 heterocycles. The molecule has 1 saturated carbocycles. The number of benzene rings is 2. The SMILES string of the molecule is CC1(O)CC(N2Cc3c(cc(OCCN4CCC5(CC4)C(=O)Nc4ccc(Cl)cc45)cc3C(F)(F)F)C2=O)C1. The number of nitrogens with zero attached hydrogens (tertiary/aromatic N) is 2. The van der Waals surface area contributed by atoms with Crippen LogP contribution in [0.25, 0.3) is 0 Å². The van der Waals surface area contributed by atoms with Gasteiger partial charge < -0.3 is 20.1 Å². The van der Waals surface area contributed by atoms with Gasteiger partial charge in [0.25, 0.3) is 5.91 Å². The van der Waals surface area contributed by atoms with Crippen LogP contribution in [0.2, 0.25) is 5.02 Å². The predicted molar refractivity (Wildman–Crippen MR) is 138 cm³/mol. The van der Waals surface area contributed by atoms with Crippen molar-refractivity contribution in [3.8, 4) is 5.75 Å². The lowest BCUT2D eigenvalue weighted by Crippen LogP contribution is -2.53. The van der Waals surface area contributed by atoms with Crippen LogP contribution in [0.15, 0.2) is 30.3 Å². The minimum atomic E-state index is -4.63. The maximum absolute atomic E-state index is 13.9. The Hall–Kier alpha value is -2.82. The maximum Gasteiger partial charge on any atom is 0.416 e. The average molecular weight is 564 g/mol. The number of amides is 2. The molecule has 6 rings (SSSR count). The molecule has 0 aromatic heterocycles. The van der Waals surface area contributed by atoms with Crippen LogP contribution in [0.1, 0.15) is 59.7 Å². The highest BCUT2D eigenvalue weighted by atomic mass is 35.5. The Labute approximate surface area is 228 Å². The van der Waals surface area contributed by atoms with Gasteiger partial charge in [-0.25, -0.2) is 0 Å². The highest BCUT2D eigenvalue weighted by molar-refractivity contribution is 6.31.